The fourth-order valence-electron chi connectivity index (χ4n) is 4.46. The molecule has 2 aliphatic rings. The van der Waals surface area contributed by atoms with Crippen molar-refractivity contribution >= 4 is 33.7 Å². The highest BCUT2D eigenvalue weighted by Crippen LogP contribution is 2.54. The highest BCUT2D eigenvalue weighted by molar-refractivity contribution is 9.10. The van der Waals surface area contributed by atoms with Crippen LogP contribution in [0, 0.1) is 5.41 Å². The molecule has 5 rings (SSSR count). The van der Waals surface area contributed by atoms with Crippen molar-refractivity contribution in [3.05, 3.63) is 53.0 Å². The second-order valence-corrected chi connectivity index (χ2v) is 11.3. The lowest BCUT2D eigenvalue weighted by Crippen LogP contribution is -2.47. The Morgan fingerprint density at radius 2 is 2.00 bits per heavy atom. The Bertz CT molecular complexity index is 1280. The average Bonchev–Trinajstić information content (AvgIpc) is 3.37. The molecule has 1 saturated heterocycles. The normalized spacial score (nSPS) is 18.7. The number of pyridine rings is 2. The van der Waals surface area contributed by atoms with E-state index in [0.717, 1.165) is 31.4 Å². The van der Waals surface area contributed by atoms with Crippen LogP contribution in [-0.2, 0) is 4.74 Å². The number of nitrogens with zero attached hydrogens (tertiary/aromatic N) is 6. The van der Waals surface area contributed by atoms with E-state index in [0.29, 0.717) is 28.4 Å². The molecular formula is C25H28BrN7O3. The number of nitrogens with one attached hydrogen (secondary N) is 1. The van der Waals surface area contributed by atoms with Crippen LogP contribution in [0.15, 0.2) is 47.3 Å². The van der Waals surface area contributed by atoms with E-state index in [1.165, 1.54) is 0 Å². The van der Waals surface area contributed by atoms with Crippen LogP contribution >= 0.6 is 15.9 Å². The summed E-state index contributed by atoms with van der Waals surface area (Å²) < 4.78 is 8.06. The summed E-state index contributed by atoms with van der Waals surface area (Å²) in [4.78, 5) is 35.5. The molecule has 0 bridgehead atoms. The van der Waals surface area contributed by atoms with Crippen LogP contribution in [0.4, 0.5) is 10.6 Å². The van der Waals surface area contributed by atoms with Gasteiger partial charge in [-0.2, -0.15) is 0 Å². The van der Waals surface area contributed by atoms with Gasteiger partial charge in [0.05, 0.1) is 12.2 Å². The number of ether oxygens (including phenoxy) is 1. The summed E-state index contributed by atoms with van der Waals surface area (Å²) in [5.41, 5.74) is 1.36. The van der Waals surface area contributed by atoms with Crippen LogP contribution in [0.3, 0.4) is 0 Å². The van der Waals surface area contributed by atoms with E-state index < -0.39 is 5.60 Å². The molecule has 1 aliphatic heterocycles. The van der Waals surface area contributed by atoms with Gasteiger partial charge >= 0.3 is 6.09 Å². The molecule has 36 heavy (non-hydrogen) atoms. The van der Waals surface area contributed by atoms with Crippen molar-refractivity contribution in [2.45, 2.75) is 51.7 Å². The predicted molar refractivity (Wildman–Crippen MR) is 136 cm³/mol. The number of anilines is 1. The quantitative estimate of drug-likeness (QED) is 0.465. The second-order valence-electron chi connectivity index (χ2n) is 10.5. The van der Waals surface area contributed by atoms with Crippen LogP contribution in [0.1, 0.15) is 56.6 Å². The molecule has 2 amide bonds. The lowest BCUT2D eigenvalue weighted by Gasteiger charge is -2.38. The van der Waals surface area contributed by atoms with Crippen LogP contribution in [-0.4, -0.2) is 60.6 Å². The summed E-state index contributed by atoms with van der Waals surface area (Å²) >= 11 is 3.27. The number of likely N-dealkylation sites (tertiary alicyclic amines) is 1. The molecule has 1 atom stereocenters. The molecule has 3 aromatic rings. The van der Waals surface area contributed by atoms with E-state index in [9.17, 15) is 9.59 Å². The van der Waals surface area contributed by atoms with E-state index in [-0.39, 0.29) is 23.5 Å². The number of hydrogen-bond acceptors (Lipinski definition) is 7. The first kappa shape index (κ1) is 24.4. The number of carbonyl (C=O) groups is 2. The summed E-state index contributed by atoms with van der Waals surface area (Å²) in [5, 5.41) is 11.5. The van der Waals surface area contributed by atoms with Gasteiger partial charge in [0.1, 0.15) is 27.4 Å². The Morgan fingerprint density at radius 3 is 2.67 bits per heavy atom. The molecule has 1 unspecified atom stereocenters. The van der Waals surface area contributed by atoms with Gasteiger partial charge in [-0.3, -0.25) is 4.79 Å². The highest BCUT2D eigenvalue weighted by Gasteiger charge is 2.50. The number of carbonyl (C=O) groups excluding carboxylic acids is 2. The summed E-state index contributed by atoms with van der Waals surface area (Å²) in [6.07, 6.45) is 6.43. The molecule has 1 aliphatic carbocycles. The SMILES string of the molecule is CC(C)(C)OC(=O)N1CC(n2cc(-c3ccc(NC(=O)c4cccc(Br)n4)nc3)nn2)CC2(CC2)C1. The molecule has 4 heterocycles. The largest absolute Gasteiger partial charge is 0.444 e. The first-order valence-electron chi connectivity index (χ1n) is 11.9. The zero-order valence-electron chi connectivity index (χ0n) is 20.4. The molecule has 2 fully saturated rings. The van der Waals surface area contributed by atoms with Crippen LogP contribution in [0.2, 0.25) is 0 Å². The maximum absolute atomic E-state index is 12.8. The summed E-state index contributed by atoms with van der Waals surface area (Å²) in [5.74, 6) is 0.0669. The maximum atomic E-state index is 12.8. The van der Waals surface area contributed by atoms with E-state index in [1.54, 1.807) is 30.5 Å². The number of piperidine rings is 1. The van der Waals surface area contributed by atoms with Crippen molar-refractivity contribution in [3.8, 4) is 11.3 Å². The molecule has 1 saturated carbocycles. The van der Waals surface area contributed by atoms with Crippen molar-refractivity contribution in [3.63, 3.8) is 0 Å². The topological polar surface area (TPSA) is 115 Å². The Balaban J connectivity index is 1.27. The Kier molecular flexibility index (Phi) is 6.27. The Hall–Kier alpha value is -3.34. The first-order chi connectivity index (χ1) is 17.1. The standard InChI is InChI=1S/C25H28BrN7O3/c1-24(2,3)36-23(35)32-13-17(11-25(15-32)9-10-25)33-14-19(30-31-33)16-7-8-21(27-12-16)29-22(34)18-5-4-6-20(26)28-18/h4-8,12,14,17H,9-11,13,15H2,1-3H3,(H,27,29,34). The average molecular weight is 554 g/mol. The van der Waals surface area contributed by atoms with Crippen molar-refractivity contribution in [1.82, 2.24) is 29.9 Å². The first-order valence-corrected chi connectivity index (χ1v) is 12.7. The van der Waals surface area contributed by atoms with Crippen molar-refractivity contribution in [2.75, 3.05) is 18.4 Å². The van der Waals surface area contributed by atoms with E-state index in [4.69, 9.17) is 4.74 Å². The Morgan fingerprint density at radius 1 is 1.19 bits per heavy atom. The number of aromatic nitrogens is 5. The Labute approximate surface area is 217 Å². The summed E-state index contributed by atoms with van der Waals surface area (Å²) in [6, 6.07) is 8.71. The van der Waals surface area contributed by atoms with Crippen LogP contribution < -0.4 is 5.32 Å². The van der Waals surface area contributed by atoms with Gasteiger partial charge < -0.3 is 15.0 Å². The lowest BCUT2D eigenvalue weighted by molar-refractivity contribution is 0.00721. The predicted octanol–water partition coefficient (Wildman–Crippen LogP) is 4.71. The van der Waals surface area contributed by atoms with E-state index in [1.807, 2.05) is 42.6 Å². The zero-order chi connectivity index (χ0) is 25.5. The van der Waals surface area contributed by atoms with Gasteiger partial charge in [-0.15, -0.1) is 5.10 Å². The van der Waals surface area contributed by atoms with Gasteiger partial charge in [0.2, 0.25) is 0 Å². The summed E-state index contributed by atoms with van der Waals surface area (Å²) in [6.45, 7) is 6.90. The van der Waals surface area contributed by atoms with Crippen molar-refractivity contribution < 1.29 is 14.3 Å². The monoisotopic (exact) mass is 553 g/mol. The van der Waals surface area contributed by atoms with Gasteiger partial charge in [-0.05, 0) is 85.6 Å². The molecule has 1 spiro atoms. The molecule has 10 nitrogen and oxygen atoms in total. The third kappa shape index (κ3) is 5.56. The molecule has 0 aromatic carbocycles. The minimum atomic E-state index is -0.533. The maximum Gasteiger partial charge on any atom is 0.410 e. The highest BCUT2D eigenvalue weighted by atomic mass is 79.9. The van der Waals surface area contributed by atoms with E-state index >= 15 is 0 Å². The van der Waals surface area contributed by atoms with Gasteiger partial charge in [0.25, 0.3) is 5.91 Å². The molecule has 188 valence electrons. The number of rotatable bonds is 4. The lowest BCUT2D eigenvalue weighted by atomic mass is 9.91. The van der Waals surface area contributed by atoms with Gasteiger partial charge in [0.15, 0.2) is 0 Å². The van der Waals surface area contributed by atoms with E-state index in [2.05, 4.69) is 41.5 Å². The number of amides is 2. The smallest absolute Gasteiger partial charge is 0.410 e. The van der Waals surface area contributed by atoms with Crippen LogP contribution in [0.5, 0.6) is 0 Å². The van der Waals surface area contributed by atoms with Crippen molar-refractivity contribution in [1.29, 1.82) is 0 Å². The molecule has 0 radical (unpaired) electrons. The minimum absolute atomic E-state index is 0.0271. The minimum Gasteiger partial charge on any atom is -0.444 e. The summed E-state index contributed by atoms with van der Waals surface area (Å²) in [7, 11) is 0. The van der Waals surface area contributed by atoms with Crippen LogP contribution in [0.25, 0.3) is 11.3 Å². The molecule has 11 heteroatoms. The third-order valence-electron chi connectivity index (χ3n) is 6.37. The number of halogens is 1. The molecular weight excluding hydrogens is 526 g/mol. The van der Waals surface area contributed by atoms with Crippen molar-refractivity contribution in [2.24, 2.45) is 5.41 Å². The van der Waals surface area contributed by atoms with Gasteiger partial charge in [-0.25, -0.2) is 19.4 Å². The molecule has 3 aromatic heterocycles. The van der Waals surface area contributed by atoms with Gasteiger partial charge in [0, 0.05) is 24.8 Å². The third-order valence-corrected chi connectivity index (χ3v) is 6.81. The zero-order valence-corrected chi connectivity index (χ0v) is 22.0. The molecule has 1 N–H and O–H groups in total. The second kappa shape index (κ2) is 9.27. The van der Waals surface area contributed by atoms with Gasteiger partial charge in [-0.1, -0.05) is 11.3 Å². The number of hydrogen-bond donors (Lipinski definition) is 1. The fourth-order valence-corrected chi connectivity index (χ4v) is 4.80. The fraction of sp³-hybridized carbons (Fsp3) is 0.440.